The molecule has 0 radical (unpaired) electrons. The van der Waals surface area contributed by atoms with Crippen LogP contribution >= 0.6 is 11.6 Å². The van der Waals surface area contributed by atoms with Crippen LogP contribution in [-0.2, 0) is 10.0 Å². The van der Waals surface area contributed by atoms with E-state index in [-0.39, 0.29) is 9.92 Å². The molecule has 0 saturated heterocycles. The van der Waals surface area contributed by atoms with Gasteiger partial charge in [-0.3, -0.25) is 0 Å². The first-order valence-electron chi connectivity index (χ1n) is 5.46. The molecule has 6 nitrogen and oxygen atoms in total. The number of nitrogen functional groups attached to an aromatic ring is 1. The van der Waals surface area contributed by atoms with Gasteiger partial charge in [-0.25, -0.2) is 13.1 Å². The smallest absolute Gasteiger partial charge is 0.242 e. The summed E-state index contributed by atoms with van der Waals surface area (Å²) in [5.41, 5.74) is 5.25. The minimum Gasteiger partial charge on any atom is -0.398 e. The Labute approximate surface area is 117 Å². The average molecular weight is 309 g/mol. The number of anilines is 1. The Hall–Kier alpha value is -0.860. The average Bonchev–Trinajstić information content (AvgIpc) is 2.33. The van der Waals surface area contributed by atoms with Gasteiger partial charge in [0.15, 0.2) is 0 Å². The number of nitrogens with two attached hydrogens (primary N) is 1. The maximum atomic E-state index is 12.2. The normalized spacial score (nSPS) is 12.7. The Balaban J connectivity index is 3.25. The zero-order chi connectivity index (χ0) is 14.8. The standard InChI is InChI=1S/C11H17ClN2O4S/c1-7-3-8(12)10(4-9(7)13)19(17,18)14-11(2,5-15)6-16/h3-4,14-16H,5-6,13H2,1-2H3. The molecule has 0 bridgehead atoms. The van der Waals surface area contributed by atoms with Crippen LogP contribution in [0.25, 0.3) is 0 Å². The van der Waals surface area contributed by atoms with Crippen molar-refractivity contribution < 1.29 is 18.6 Å². The quantitative estimate of drug-likeness (QED) is 0.583. The van der Waals surface area contributed by atoms with E-state index in [4.69, 9.17) is 27.5 Å². The molecule has 1 rings (SSSR count). The second-order valence-corrected chi connectivity index (χ2v) is 6.68. The molecule has 0 spiro atoms. The first kappa shape index (κ1) is 16.2. The fourth-order valence-corrected chi connectivity index (χ4v) is 3.38. The van der Waals surface area contributed by atoms with E-state index in [0.717, 1.165) is 0 Å². The minimum atomic E-state index is -3.99. The Morgan fingerprint density at radius 1 is 1.37 bits per heavy atom. The van der Waals surface area contributed by atoms with Gasteiger partial charge in [-0.2, -0.15) is 0 Å². The van der Waals surface area contributed by atoms with Gasteiger partial charge in [0.25, 0.3) is 0 Å². The van der Waals surface area contributed by atoms with Gasteiger partial charge in [-0.15, -0.1) is 0 Å². The van der Waals surface area contributed by atoms with E-state index in [1.54, 1.807) is 6.92 Å². The number of aryl methyl sites for hydroxylation is 1. The third-order valence-corrected chi connectivity index (χ3v) is 4.79. The van der Waals surface area contributed by atoms with Crippen LogP contribution in [0.1, 0.15) is 12.5 Å². The lowest BCUT2D eigenvalue weighted by atomic mass is 10.1. The van der Waals surface area contributed by atoms with Crippen molar-refractivity contribution in [2.75, 3.05) is 18.9 Å². The molecule has 108 valence electrons. The third-order valence-electron chi connectivity index (χ3n) is 2.69. The highest BCUT2D eigenvalue weighted by Gasteiger charge is 2.31. The number of hydrogen-bond acceptors (Lipinski definition) is 5. The van der Waals surface area contributed by atoms with Crippen molar-refractivity contribution in [3.63, 3.8) is 0 Å². The van der Waals surface area contributed by atoms with E-state index >= 15 is 0 Å². The molecule has 0 heterocycles. The van der Waals surface area contributed by atoms with Gasteiger partial charge < -0.3 is 15.9 Å². The maximum Gasteiger partial charge on any atom is 0.242 e. The van der Waals surface area contributed by atoms with Gasteiger partial charge in [0.05, 0.1) is 23.8 Å². The van der Waals surface area contributed by atoms with E-state index in [2.05, 4.69) is 4.72 Å². The van der Waals surface area contributed by atoms with Crippen molar-refractivity contribution in [3.8, 4) is 0 Å². The molecule has 0 amide bonds. The number of sulfonamides is 1. The molecule has 8 heteroatoms. The molecule has 0 aromatic heterocycles. The first-order chi connectivity index (χ1) is 8.65. The van der Waals surface area contributed by atoms with E-state index < -0.39 is 28.8 Å². The monoisotopic (exact) mass is 308 g/mol. The number of rotatable bonds is 5. The van der Waals surface area contributed by atoms with Crippen molar-refractivity contribution in [2.45, 2.75) is 24.3 Å². The number of benzene rings is 1. The summed E-state index contributed by atoms with van der Waals surface area (Å²) in [7, 11) is -3.99. The Kier molecular flexibility index (Phi) is 4.81. The molecule has 1 aromatic rings. The molecule has 19 heavy (non-hydrogen) atoms. The summed E-state index contributed by atoms with van der Waals surface area (Å²) in [5, 5.41) is 18.3. The predicted octanol–water partition coefficient (Wildman–Crippen LogP) is 0.252. The van der Waals surface area contributed by atoms with Crippen molar-refractivity contribution >= 4 is 27.3 Å². The lowest BCUT2D eigenvalue weighted by molar-refractivity contribution is 0.122. The Morgan fingerprint density at radius 3 is 2.37 bits per heavy atom. The summed E-state index contributed by atoms with van der Waals surface area (Å²) >= 11 is 5.90. The minimum absolute atomic E-state index is 0.0254. The molecular formula is C11H17ClN2O4S. The zero-order valence-electron chi connectivity index (χ0n) is 10.6. The number of nitrogens with one attached hydrogen (secondary N) is 1. The molecular weight excluding hydrogens is 292 g/mol. The van der Waals surface area contributed by atoms with Crippen LogP contribution in [0.4, 0.5) is 5.69 Å². The van der Waals surface area contributed by atoms with Crippen LogP contribution in [0, 0.1) is 6.92 Å². The summed E-state index contributed by atoms with van der Waals surface area (Å²) < 4.78 is 26.6. The van der Waals surface area contributed by atoms with Gasteiger partial charge in [0.2, 0.25) is 10.0 Å². The van der Waals surface area contributed by atoms with Gasteiger partial charge >= 0.3 is 0 Å². The van der Waals surface area contributed by atoms with E-state index in [0.29, 0.717) is 11.3 Å². The molecule has 1 aromatic carbocycles. The van der Waals surface area contributed by atoms with Gasteiger partial charge in [-0.1, -0.05) is 11.6 Å². The van der Waals surface area contributed by atoms with Crippen molar-refractivity contribution in [2.24, 2.45) is 0 Å². The molecule has 0 unspecified atom stereocenters. The van der Waals surface area contributed by atoms with Crippen LogP contribution < -0.4 is 10.5 Å². The highest BCUT2D eigenvalue weighted by atomic mass is 35.5. The van der Waals surface area contributed by atoms with Crippen LogP contribution in [0.3, 0.4) is 0 Å². The number of aliphatic hydroxyl groups is 2. The molecule has 0 fully saturated rings. The molecule has 0 saturated carbocycles. The first-order valence-corrected chi connectivity index (χ1v) is 7.32. The van der Waals surface area contributed by atoms with Crippen LogP contribution in [0.2, 0.25) is 5.02 Å². The maximum absolute atomic E-state index is 12.2. The van der Waals surface area contributed by atoms with Crippen LogP contribution in [-0.4, -0.2) is 37.4 Å². The lowest BCUT2D eigenvalue weighted by Gasteiger charge is -2.26. The summed E-state index contributed by atoms with van der Waals surface area (Å²) in [6.45, 7) is 1.97. The largest absolute Gasteiger partial charge is 0.398 e. The highest BCUT2D eigenvalue weighted by molar-refractivity contribution is 7.89. The van der Waals surface area contributed by atoms with Gasteiger partial charge in [-0.05, 0) is 31.5 Å². The Morgan fingerprint density at radius 2 is 1.89 bits per heavy atom. The molecule has 0 aliphatic heterocycles. The second-order valence-electron chi connectivity index (χ2n) is 4.62. The molecule has 0 aliphatic carbocycles. The van der Waals surface area contributed by atoms with E-state index in [1.807, 2.05) is 0 Å². The zero-order valence-corrected chi connectivity index (χ0v) is 12.2. The number of hydrogen-bond donors (Lipinski definition) is 4. The third kappa shape index (κ3) is 3.58. The SMILES string of the molecule is Cc1cc(Cl)c(S(=O)(=O)NC(C)(CO)CO)cc1N. The van der Waals surface area contributed by atoms with Gasteiger partial charge in [0, 0.05) is 5.69 Å². The summed E-state index contributed by atoms with van der Waals surface area (Å²) in [6, 6.07) is 2.69. The fraction of sp³-hybridized carbons (Fsp3) is 0.455. The fourth-order valence-electron chi connectivity index (χ4n) is 1.37. The number of aliphatic hydroxyl groups excluding tert-OH is 2. The predicted molar refractivity (Wildman–Crippen MR) is 73.5 cm³/mol. The molecule has 5 N–H and O–H groups in total. The molecule has 0 aliphatic rings. The van der Waals surface area contributed by atoms with E-state index in [1.165, 1.54) is 19.1 Å². The van der Waals surface area contributed by atoms with Crippen molar-refractivity contribution in [1.29, 1.82) is 0 Å². The lowest BCUT2D eigenvalue weighted by Crippen LogP contribution is -2.51. The molecule has 0 atom stereocenters. The van der Waals surface area contributed by atoms with Crippen molar-refractivity contribution in [3.05, 3.63) is 22.7 Å². The summed E-state index contributed by atoms with van der Waals surface area (Å²) in [6.07, 6.45) is 0. The summed E-state index contributed by atoms with van der Waals surface area (Å²) in [5.74, 6) is 0. The highest BCUT2D eigenvalue weighted by Crippen LogP contribution is 2.27. The van der Waals surface area contributed by atoms with Gasteiger partial charge in [0.1, 0.15) is 4.90 Å². The van der Waals surface area contributed by atoms with Crippen LogP contribution in [0.15, 0.2) is 17.0 Å². The van der Waals surface area contributed by atoms with Crippen molar-refractivity contribution in [1.82, 2.24) is 4.72 Å². The van der Waals surface area contributed by atoms with Crippen LogP contribution in [0.5, 0.6) is 0 Å². The number of halogens is 1. The second kappa shape index (κ2) is 5.64. The Bertz CT molecular complexity index is 570. The van der Waals surface area contributed by atoms with E-state index in [9.17, 15) is 8.42 Å². The topological polar surface area (TPSA) is 113 Å². The summed E-state index contributed by atoms with van der Waals surface area (Å²) in [4.78, 5) is -0.189.